The van der Waals surface area contributed by atoms with Crippen molar-refractivity contribution < 1.29 is 0 Å². The van der Waals surface area contributed by atoms with Gasteiger partial charge in [0.25, 0.3) is 0 Å². The van der Waals surface area contributed by atoms with Crippen LogP contribution in [0.15, 0.2) is 24.5 Å². The van der Waals surface area contributed by atoms with Crippen LogP contribution >= 0.6 is 11.6 Å². The van der Waals surface area contributed by atoms with Gasteiger partial charge in [0.05, 0.1) is 10.7 Å². The van der Waals surface area contributed by atoms with Crippen LogP contribution in [-0.2, 0) is 0 Å². The lowest BCUT2D eigenvalue weighted by Crippen LogP contribution is -2.14. The lowest BCUT2D eigenvalue weighted by molar-refractivity contribution is 0.850. The number of aromatic nitrogens is 2. The Kier molecular flexibility index (Phi) is 4.42. The minimum absolute atomic E-state index is 0.217. The molecule has 2 rings (SSSR count). The number of halogens is 1. The number of nitrogens with zero attached hydrogens (tertiary/aromatic N) is 2. The molecule has 6 heteroatoms. The van der Waals surface area contributed by atoms with Gasteiger partial charge >= 0.3 is 0 Å². The van der Waals surface area contributed by atoms with E-state index in [1.54, 1.807) is 0 Å². The van der Waals surface area contributed by atoms with Crippen LogP contribution in [0.1, 0.15) is 30.9 Å². The fourth-order valence-electron chi connectivity index (χ4n) is 2.01. The summed E-state index contributed by atoms with van der Waals surface area (Å²) in [5, 5.41) is 3.90. The summed E-state index contributed by atoms with van der Waals surface area (Å²) in [5.41, 5.74) is 5.44. The molecule has 0 aliphatic rings. The average Bonchev–Trinajstić information content (AvgIpc) is 2.41. The van der Waals surface area contributed by atoms with Crippen LogP contribution < -0.4 is 16.6 Å². The van der Waals surface area contributed by atoms with Gasteiger partial charge in [-0.2, -0.15) is 0 Å². The van der Waals surface area contributed by atoms with Crippen LogP contribution in [-0.4, -0.2) is 9.97 Å². The molecule has 0 radical (unpaired) electrons. The van der Waals surface area contributed by atoms with E-state index in [2.05, 4.69) is 34.6 Å². The Morgan fingerprint density at radius 2 is 1.90 bits per heavy atom. The van der Waals surface area contributed by atoms with E-state index in [1.807, 2.05) is 25.1 Å². The number of nitrogen functional groups attached to an aromatic ring is 1. The number of hydrogen-bond acceptors (Lipinski definition) is 5. The minimum Gasteiger partial charge on any atom is -0.339 e. The first-order chi connectivity index (χ1) is 9.52. The van der Waals surface area contributed by atoms with Crippen molar-refractivity contribution in [2.45, 2.75) is 26.7 Å². The van der Waals surface area contributed by atoms with E-state index in [4.69, 9.17) is 17.4 Å². The summed E-state index contributed by atoms with van der Waals surface area (Å²) >= 11 is 6.24. The maximum atomic E-state index is 6.24. The van der Waals surface area contributed by atoms with Gasteiger partial charge < -0.3 is 10.7 Å². The van der Waals surface area contributed by atoms with E-state index < -0.39 is 0 Å². The lowest BCUT2D eigenvalue weighted by atomic mass is 10.0. The molecule has 0 aliphatic heterocycles. The molecule has 5 nitrogen and oxygen atoms in total. The predicted molar refractivity (Wildman–Crippen MR) is 83.4 cm³/mol. The van der Waals surface area contributed by atoms with Crippen LogP contribution in [0.4, 0.5) is 17.3 Å². The monoisotopic (exact) mass is 291 g/mol. The number of nitrogens with two attached hydrogens (primary N) is 1. The maximum absolute atomic E-state index is 6.24. The van der Waals surface area contributed by atoms with Crippen molar-refractivity contribution in [3.63, 3.8) is 0 Å². The van der Waals surface area contributed by atoms with Crippen LogP contribution in [0.25, 0.3) is 0 Å². The standard InChI is InChI=1S/C14H18ClN5/c1-8(2)12-13(17-7-18-14(12)20-16)19-11-5-4-9(3)6-10(11)15/h4-8H,16H2,1-3H3,(H2,17,18,19,20). The molecule has 2 aromatic rings. The van der Waals surface area contributed by atoms with Gasteiger partial charge in [0.15, 0.2) is 0 Å². The molecule has 0 fully saturated rings. The highest BCUT2D eigenvalue weighted by Gasteiger charge is 2.15. The van der Waals surface area contributed by atoms with Crippen molar-refractivity contribution in [3.05, 3.63) is 40.7 Å². The van der Waals surface area contributed by atoms with Crippen molar-refractivity contribution in [1.82, 2.24) is 9.97 Å². The summed E-state index contributed by atoms with van der Waals surface area (Å²) in [6.07, 6.45) is 1.46. The highest BCUT2D eigenvalue weighted by molar-refractivity contribution is 6.33. The molecule has 0 aliphatic carbocycles. The number of rotatable bonds is 4. The SMILES string of the molecule is Cc1ccc(Nc2ncnc(NN)c2C(C)C)c(Cl)c1. The van der Waals surface area contributed by atoms with E-state index in [0.29, 0.717) is 16.7 Å². The van der Waals surface area contributed by atoms with Crippen molar-refractivity contribution in [2.75, 3.05) is 10.7 Å². The molecule has 0 bridgehead atoms. The predicted octanol–water partition coefficient (Wildman–Crippen LogP) is 3.59. The van der Waals surface area contributed by atoms with E-state index in [9.17, 15) is 0 Å². The van der Waals surface area contributed by atoms with E-state index in [1.165, 1.54) is 6.33 Å². The molecule has 0 saturated carbocycles. The van der Waals surface area contributed by atoms with E-state index >= 15 is 0 Å². The van der Waals surface area contributed by atoms with Crippen LogP contribution in [0.3, 0.4) is 0 Å². The first-order valence-electron chi connectivity index (χ1n) is 6.37. The third kappa shape index (κ3) is 3.00. The second-order valence-electron chi connectivity index (χ2n) is 4.89. The summed E-state index contributed by atoms with van der Waals surface area (Å²) in [5.74, 6) is 7.04. The van der Waals surface area contributed by atoms with Gasteiger partial charge in [0.1, 0.15) is 18.0 Å². The zero-order chi connectivity index (χ0) is 14.7. The molecule has 106 valence electrons. The zero-order valence-electron chi connectivity index (χ0n) is 11.7. The fraction of sp³-hybridized carbons (Fsp3) is 0.286. The molecular weight excluding hydrogens is 274 g/mol. The van der Waals surface area contributed by atoms with Crippen LogP contribution in [0.2, 0.25) is 5.02 Å². The first-order valence-corrected chi connectivity index (χ1v) is 6.75. The third-order valence-electron chi connectivity index (χ3n) is 2.98. The van der Waals surface area contributed by atoms with Gasteiger partial charge in [-0.3, -0.25) is 0 Å². The summed E-state index contributed by atoms with van der Waals surface area (Å²) in [6.45, 7) is 6.11. The molecule has 1 aromatic carbocycles. The van der Waals surface area contributed by atoms with Crippen molar-refractivity contribution >= 4 is 28.9 Å². The highest BCUT2D eigenvalue weighted by atomic mass is 35.5. The molecule has 0 atom stereocenters. The Morgan fingerprint density at radius 3 is 2.50 bits per heavy atom. The Bertz CT molecular complexity index is 613. The number of anilines is 3. The normalized spacial score (nSPS) is 10.7. The zero-order valence-corrected chi connectivity index (χ0v) is 12.5. The number of nitrogens with one attached hydrogen (secondary N) is 2. The van der Waals surface area contributed by atoms with Gasteiger partial charge in [-0.15, -0.1) is 0 Å². The average molecular weight is 292 g/mol. The van der Waals surface area contributed by atoms with Gasteiger partial charge in [-0.1, -0.05) is 31.5 Å². The Hall–Kier alpha value is -1.85. The smallest absolute Gasteiger partial charge is 0.148 e. The number of benzene rings is 1. The molecule has 1 heterocycles. The Morgan fingerprint density at radius 1 is 1.20 bits per heavy atom. The summed E-state index contributed by atoms with van der Waals surface area (Å²) in [6, 6.07) is 5.83. The molecule has 20 heavy (non-hydrogen) atoms. The highest BCUT2D eigenvalue weighted by Crippen LogP contribution is 2.32. The quantitative estimate of drug-likeness (QED) is 0.593. The van der Waals surface area contributed by atoms with Crippen LogP contribution in [0.5, 0.6) is 0 Å². The first kappa shape index (κ1) is 14.6. The van der Waals surface area contributed by atoms with Crippen molar-refractivity contribution in [3.8, 4) is 0 Å². The Labute approximate surface area is 123 Å². The topological polar surface area (TPSA) is 75.9 Å². The van der Waals surface area contributed by atoms with Crippen molar-refractivity contribution in [1.29, 1.82) is 0 Å². The minimum atomic E-state index is 0.217. The molecule has 1 aromatic heterocycles. The third-order valence-corrected chi connectivity index (χ3v) is 3.29. The maximum Gasteiger partial charge on any atom is 0.148 e. The Balaban J connectivity index is 2.43. The largest absolute Gasteiger partial charge is 0.339 e. The molecule has 0 spiro atoms. The summed E-state index contributed by atoms with van der Waals surface area (Å²) < 4.78 is 0. The molecule has 0 saturated heterocycles. The molecular formula is C14H18ClN5. The van der Waals surface area contributed by atoms with Crippen molar-refractivity contribution in [2.24, 2.45) is 5.84 Å². The second kappa shape index (κ2) is 6.07. The van der Waals surface area contributed by atoms with Gasteiger partial charge in [0.2, 0.25) is 0 Å². The van der Waals surface area contributed by atoms with Gasteiger partial charge in [-0.25, -0.2) is 15.8 Å². The number of aryl methyl sites for hydroxylation is 1. The summed E-state index contributed by atoms with van der Waals surface area (Å²) in [4.78, 5) is 8.43. The lowest BCUT2D eigenvalue weighted by Gasteiger charge is -2.17. The second-order valence-corrected chi connectivity index (χ2v) is 5.30. The fourth-order valence-corrected chi connectivity index (χ4v) is 2.29. The van der Waals surface area contributed by atoms with Gasteiger partial charge in [0, 0.05) is 5.56 Å². The number of hydrazine groups is 1. The van der Waals surface area contributed by atoms with E-state index in [-0.39, 0.29) is 5.92 Å². The van der Waals surface area contributed by atoms with E-state index in [0.717, 1.165) is 16.8 Å². The summed E-state index contributed by atoms with van der Waals surface area (Å²) in [7, 11) is 0. The van der Waals surface area contributed by atoms with Crippen LogP contribution in [0, 0.1) is 6.92 Å². The molecule has 0 unspecified atom stereocenters. The molecule has 0 amide bonds. The molecule has 4 N–H and O–H groups in total. The number of hydrogen-bond donors (Lipinski definition) is 3. The van der Waals surface area contributed by atoms with Gasteiger partial charge in [-0.05, 0) is 30.5 Å².